The topological polar surface area (TPSA) is 97.6 Å². The van der Waals surface area contributed by atoms with Crippen LogP contribution in [0.2, 0.25) is 5.02 Å². The van der Waals surface area contributed by atoms with Gasteiger partial charge in [0.1, 0.15) is 5.75 Å². The second kappa shape index (κ2) is 9.62. The van der Waals surface area contributed by atoms with E-state index < -0.39 is 0 Å². The average molecular weight is 473 g/mol. The number of anilines is 2. The Labute approximate surface area is 194 Å². The standard InChI is InChI=1S/C22H21ClN4O4S/c1-13-3-6-16(7-4-13)27-11-14(9-20(27)29)21-25-26-22(31-21)32-12-19(28)24-15-5-8-18(30-2)17(23)10-15/h3-8,10,14H,9,11-12H2,1-2H3,(H,24,28). The van der Waals surface area contributed by atoms with Gasteiger partial charge in [-0.1, -0.05) is 41.1 Å². The van der Waals surface area contributed by atoms with Crippen LogP contribution in [-0.2, 0) is 9.59 Å². The number of aryl methyl sites for hydroxylation is 1. The van der Waals surface area contributed by atoms with Crippen molar-refractivity contribution in [3.8, 4) is 5.75 Å². The van der Waals surface area contributed by atoms with E-state index in [1.54, 1.807) is 23.1 Å². The van der Waals surface area contributed by atoms with Gasteiger partial charge in [-0.25, -0.2) is 0 Å². The summed E-state index contributed by atoms with van der Waals surface area (Å²) in [6.45, 7) is 2.48. The number of aromatic nitrogens is 2. The Morgan fingerprint density at radius 1 is 1.28 bits per heavy atom. The lowest BCUT2D eigenvalue weighted by atomic mass is 10.1. The number of ether oxygens (including phenoxy) is 1. The van der Waals surface area contributed by atoms with E-state index in [-0.39, 0.29) is 28.7 Å². The molecule has 1 unspecified atom stereocenters. The second-order valence-electron chi connectivity index (χ2n) is 7.33. The maximum Gasteiger partial charge on any atom is 0.277 e. The SMILES string of the molecule is COc1ccc(NC(=O)CSc2nnc(C3CC(=O)N(c4ccc(C)cc4)C3)o2)cc1Cl. The minimum Gasteiger partial charge on any atom is -0.495 e. The van der Waals surface area contributed by atoms with Crippen molar-refractivity contribution in [3.63, 3.8) is 0 Å². The zero-order valence-corrected chi connectivity index (χ0v) is 19.1. The van der Waals surface area contributed by atoms with Crippen LogP contribution in [0.15, 0.2) is 52.1 Å². The third-order valence-electron chi connectivity index (χ3n) is 5.00. The molecule has 1 aromatic heterocycles. The van der Waals surface area contributed by atoms with Gasteiger partial charge >= 0.3 is 0 Å². The molecule has 1 aliphatic rings. The van der Waals surface area contributed by atoms with Gasteiger partial charge < -0.3 is 19.4 Å². The van der Waals surface area contributed by atoms with Gasteiger partial charge in [-0.3, -0.25) is 9.59 Å². The number of thioether (sulfide) groups is 1. The molecule has 1 atom stereocenters. The van der Waals surface area contributed by atoms with Crippen molar-refractivity contribution in [1.82, 2.24) is 10.2 Å². The summed E-state index contributed by atoms with van der Waals surface area (Å²) in [4.78, 5) is 26.4. The fraction of sp³-hybridized carbons (Fsp3) is 0.273. The normalized spacial score (nSPS) is 15.8. The van der Waals surface area contributed by atoms with Crippen molar-refractivity contribution in [2.45, 2.75) is 24.5 Å². The molecular weight excluding hydrogens is 452 g/mol. The molecule has 8 nitrogen and oxygen atoms in total. The Balaban J connectivity index is 1.32. The third-order valence-corrected chi connectivity index (χ3v) is 6.12. The highest BCUT2D eigenvalue weighted by Gasteiger charge is 2.35. The number of halogens is 1. The minimum absolute atomic E-state index is 0.0174. The van der Waals surface area contributed by atoms with E-state index in [0.29, 0.717) is 35.3 Å². The summed E-state index contributed by atoms with van der Waals surface area (Å²) in [5.41, 5.74) is 2.55. The van der Waals surface area contributed by atoms with Gasteiger partial charge in [0.15, 0.2) is 0 Å². The summed E-state index contributed by atoms with van der Waals surface area (Å²) in [7, 11) is 1.52. The summed E-state index contributed by atoms with van der Waals surface area (Å²) in [5.74, 6) is 0.619. The Kier molecular flexibility index (Phi) is 6.66. The molecule has 0 radical (unpaired) electrons. The molecule has 3 aromatic rings. The van der Waals surface area contributed by atoms with Crippen LogP contribution in [0.4, 0.5) is 11.4 Å². The van der Waals surface area contributed by atoms with Crippen LogP contribution in [0.1, 0.15) is 23.8 Å². The van der Waals surface area contributed by atoms with Gasteiger partial charge in [0.25, 0.3) is 5.22 Å². The first-order valence-corrected chi connectivity index (χ1v) is 11.3. The Bertz CT molecular complexity index is 1140. The molecule has 32 heavy (non-hydrogen) atoms. The Hall–Kier alpha value is -3.04. The molecule has 1 aliphatic heterocycles. The number of benzene rings is 2. The third kappa shape index (κ3) is 5.05. The van der Waals surface area contributed by atoms with Crippen molar-refractivity contribution >= 4 is 46.6 Å². The quantitative estimate of drug-likeness (QED) is 0.512. The van der Waals surface area contributed by atoms with Crippen LogP contribution in [0.5, 0.6) is 5.75 Å². The fourth-order valence-electron chi connectivity index (χ4n) is 3.36. The second-order valence-corrected chi connectivity index (χ2v) is 8.67. The molecule has 1 saturated heterocycles. The zero-order valence-electron chi connectivity index (χ0n) is 17.5. The molecule has 1 fully saturated rings. The molecule has 0 saturated carbocycles. The molecule has 2 heterocycles. The highest BCUT2D eigenvalue weighted by Crippen LogP contribution is 2.32. The number of carbonyl (C=O) groups excluding carboxylic acids is 2. The van der Waals surface area contributed by atoms with Crippen LogP contribution in [-0.4, -0.2) is 41.4 Å². The van der Waals surface area contributed by atoms with Crippen molar-refractivity contribution in [2.75, 3.05) is 29.6 Å². The summed E-state index contributed by atoms with van der Waals surface area (Å²) >= 11 is 7.21. The number of methoxy groups -OCH3 is 1. The predicted octanol–water partition coefficient (Wildman–Crippen LogP) is 4.29. The van der Waals surface area contributed by atoms with Crippen molar-refractivity contribution < 1.29 is 18.7 Å². The van der Waals surface area contributed by atoms with Crippen molar-refractivity contribution in [3.05, 3.63) is 58.9 Å². The van der Waals surface area contributed by atoms with Crippen molar-refractivity contribution in [1.29, 1.82) is 0 Å². The molecular formula is C22H21ClN4O4S. The van der Waals surface area contributed by atoms with Crippen LogP contribution in [0, 0.1) is 6.92 Å². The first kappa shape index (κ1) is 22.2. The lowest BCUT2D eigenvalue weighted by Gasteiger charge is -2.16. The maximum absolute atomic E-state index is 12.5. The smallest absolute Gasteiger partial charge is 0.277 e. The summed E-state index contributed by atoms with van der Waals surface area (Å²) in [6.07, 6.45) is 0.304. The Morgan fingerprint density at radius 3 is 2.78 bits per heavy atom. The lowest BCUT2D eigenvalue weighted by Crippen LogP contribution is -2.24. The van der Waals surface area contributed by atoms with Crippen LogP contribution in [0.25, 0.3) is 0 Å². The molecule has 166 valence electrons. The van der Waals surface area contributed by atoms with E-state index in [1.165, 1.54) is 7.11 Å². The van der Waals surface area contributed by atoms with Gasteiger partial charge in [-0.2, -0.15) is 0 Å². The number of hydrogen-bond donors (Lipinski definition) is 1. The average Bonchev–Trinajstić information content (AvgIpc) is 3.40. The molecule has 1 N–H and O–H groups in total. The fourth-order valence-corrected chi connectivity index (χ4v) is 4.19. The van der Waals surface area contributed by atoms with E-state index in [0.717, 1.165) is 23.0 Å². The molecule has 10 heteroatoms. The number of nitrogens with zero attached hydrogens (tertiary/aromatic N) is 3. The van der Waals surface area contributed by atoms with Crippen LogP contribution < -0.4 is 15.0 Å². The first-order chi connectivity index (χ1) is 15.4. The van der Waals surface area contributed by atoms with E-state index in [4.69, 9.17) is 20.8 Å². The van der Waals surface area contributed by atoms with Gasteiger partial charge in [0, 0.05) is 24.3 Å². The molecule has 0 aliphatic carbocycles. The molecule has 2 amide bonds. The minimum atomic E-state index is -0.238. The maximum atomic E-state index is 12.5. The summed E-state index contributed by atoms with van der Waals surface area (Å²) in [6, 6.07) is 12.8. The largest absolute Gasteiger partial charge is 0.495 e. The van der Waals surface area contributed by atoms with E-state index >= 15 is 0 Å². The number of rotatable bonds is 7. The number of carbonyl (C=O) groups is 2. The van der Waals surface area contributed by atoms with Crippen LogP contribution >= 0.6 is 23.4 Å². The highest BCUT2D eigenvalue weighted by atomic mass is 35.5. The number of nitrogens with one attached hydrogen (secondary N) is 1. The van der Waals surface area contributed by atoms with E-state index in [9.17, 15) is 9.59 Å². The van der Waals surface area contributed by atoms with Gasteiger partial charge in [-0.05, 0) is 37.3 Å². The molecule has 4 rings (SSSR count). The Morgan fingerprint density at radius 2 is 2.06 bits per heavy atom. The number of amides is 2. The van der Waals surface area contributed by atoms with Gasteiger partial charge in [0.2, 0.25) is 17.7 Å². The van der Waals surface area contributed by atoms with Crippen LogP contribution in [0.3, 0.4) is 0 Å². The summed E-state index contributed by atoms with van der Waals surface area (Å²) in [5, 5.41) is 11.5. The van der Waals surface area contributed by atoms with Gasteiger partial charge in [0.05, 0.1) is 23.8 Å². The zero-order chi connectivity index (χ0) is 22.7. The first-order valence-electron chi connectivity index (χ1n) is 9.89. The summed E-state index contributed by atoms with van der Waals surface area (Å²) < 4.78 is 10.8. The monoisotopic (exact) mass is 472 g/mol. The van der Waals surface area contributed by atoms with E-state index in [2.05, 4.69) is 15.5 Å². The van der Waals surface area contributed by atoms with Crippen molar-refractivity contribution in [2.24, 2.45) is 0 Å². The highest BCUT2D eigenvalue weighted by molar-refractivity contribution is 7.99. The van der Waals surface area contributed by atoms with Gasteiger partial charge in [-0.15, -0.1) is 10.2 Å². The lowest BCUT2D eigenvalue weighted by molar-refractivity contribution is -0.117. The predicted molar refractivity (Wildman–Crippen MR) is 123 cm³/mol. The number of hydrogen-bond acceptors (Lipinski definition) is 7. The molecule has 0 spiro atoms. The molecule has 2 aromatic carbocycles. The molecule has 0 bridgehead atoms. The van der Waals surface area contributed by atoms with E-state index in [1.807, 2.05) is 31.2 Å².